The summed E-state index contributed by atoms with van der Waals surface area (Å²) in [6.45, 7) is 0.492. The normalized spacial score (nSPS) is 18.3. The first kappa shape index (κ1) is 16.4. The second-order valence-electron chi connectivity index (χ2n) is 6.40. The molecule has 0 unspecified atom stereocenters. The topological polar surface area (TPSA) is 74.5 Å². The highest BCUT2D eigenvalue weighted by Gasteiger charge is 2.32. The lowest BCUT2D eigenvalue weighted by Crippen LogP contribution is -2.34. The van der Waals surface area contributed by atoms with Gasteiger partial charge in [-0.1, -0.05) is 36.4 Å². The van der Waals surface area contributed by atoms with Gasteiger partial charge in [-0.2, -0.15) is 0 Å². The van der Waals surface area contributed by atoms with Crippen molar-refractivity contribution in [1.29, 1.82) is 0 Å². The number of rotatable bonds is 5. The summed E-state index contributed by atoms with van der Waals surface area (Å²) in [4.78, 5) is 12.9. The average molecular weight is 348 g/mol. The van der Waals surface area contributed by atoms with Crippen LogP contribution in [0.3, 0.4) is 0 Å². The maximum atomic E-state index is 12.9. The van der Waals surface area contributed by atoms with Gasteiger partial charge in [-0.25, -0.2) is 0 Å². The zero-order valence-corrected chi connectivity index (χ0v) is 14.2. The molecule has 1 amide bonds. The van der Waals surface area contributed by atoms with Crippen LogP contribution in [0.15, 0.2) is 71.3 Å². The first-order chi connectivity index (χ1) is 12.7. The number of aliphatic hydroxyl groups is 1. The Kier molecular flexibility index (Phi) is 4.46. The van der Waals surface area contributed by atoms with E-state index in [9.17, 15) is 9.90 Å². The lowest BCUT2D eigenvalue weighted by molar-refractivity contribution is 0.0859. The maximum Gasteiger partial charge on any atom is 0.253 e. The van der Waals surface area contributed by atoms with Gasteiger partial charge in [0.05, 0.1) is 30.5 Å². The van der Waals surface area contributed by atoms with E-state index in [-0.39, 0.29) is 5.91 Å². The molecule has 2 aromatic carbocycles. The van der Waals surface area contributed by atoms with Gasteiger partial charge in [0.2, 0.25) is 0 Å². The van der Waals surface area contributed by atoms with E-state index >= 15 is 0 Å². The summed E-state index contributed by atoms with van der Waals surface area (Å²) in [7, 11) is 0. The lowest BCUT2D eigenvalue weighted by Gasteiger charge is -2.19. The summed E-state index contributed by atoms with van der Waals surface area (Å²) in [6, 6.07) is 18.5. The minimum absolute atomic E-state index is 0.215. The molecule has 1 aliphatic rings. The van der Waals surface area contributed by atoms with Crippen molar-refractivity contribution < 1.29 is 14.3 Å². The molecule has 5 heteroatoms. The van der Waals surface area contributed by atoms with Gasteiger partial charge in [0.1, 0.15) is 5.76 Å². The Morgan fingerprint density at radius 2 is 1.88 bits per heavy atom. The molecule has 0 spiro atoms. The third-order valence-electron chi connectivity index (χ3n) is 4.70. The molecule has 0 aliphatic heterocycles. The van der Waals surface area contributed by atoms with Crippen molar-refractivity contribution in [1.82, 2.24) is 5.32 Å². The maximum absolute atomic E-state index is 12.9. The molecule has 0 saturated heterocycles. The summed E-state index contributed by atoms with van der Waals surface area (Å²) < 4.78 is 5.32. The van der Waals surface area contributed by atoms with Gasteiger partial charge < -0.3 is 20.2 Å². The minimum Gasteiger partial charge on any atom is -0.467 e. The number of furan rings is 1. The molecule has 132 valence electrons. The fourth-order valence-electron chi connectivity index (χ4n) is 3.40. The second kappa shape index (κ2) is 7.06. The summed E-state index contributed by atoms with van der Waals surface area (Å²) in [6.07, 6.45) is 1.56. The molecule has 5 nitrogen and oxygen atoms in total. The third kappa shape index (κ3) is 3.21. The smallest absolute Gasteiger partial charge is 0.253 e. The number of carbonyl (C=O) groups is 1. The van der Waals surface area contributed by atoms with Crippen LogP contribution in [0.4, 0.5) is 5.69 Å². The summed E-state index contributed by atoms with van der Waals surface area (Å²) in [5.74, 6) is 0.577. The van der Waals surface area contributed by atoms with E-state index in [4.69, 9.17) is 4.42 Å². The van der Waals surface area contributed by atoms with Gasteiger partial charge in [0, 0.05) is 12.1 Å². The molecule has 3 N–H and O–H groups in total. The predicted molar refractivity (Wildman–Crippen MR) is 98.8 cm³/mol. The minimum atomic E-state index is -0.611. The van der Waals surface area contributed by atoms with Gasteiger partial charge in [0.25, 0.3) is 5.91 Å². The molecular formula is C21H20N2O3. The molecule has 1 aromatic heterocycles. The van der Waals surface area contributed by atoms with Crippen molar-refractivity contribution in [2.24, 2.45) is 0 Å². The first-order valence-electron chi connectivity index (χ1n) is 8.64. The molecule has 0 fully saturated rings. The van der Waals surface area contributed by atoms with Crippen LogP contribution in [0, 0.1) is 0 Å². The largest absolute Gasteiger partial charge is 0.467 e. The van der Waals surface area contributed by atoms with Crippen LogP contribution in [-0.2, 0) is 13.0 Å². The molecular weight excluding hydrogens is 328 g/mol. The number of fused-ring (bicyclic) bond motifs is 1. The zero-order valence-electron chi connectivity index (χ0n) is 14.2. The van der Waals surface area contributed by atoms with Crippen LogP contribution in [0.2, 0.25) is 0 Å². The summed E-state index contributed by atoms with van der Waals surface area (Å²) in [5, 5.41) is 16.6. The van der Waals surface area contributed by atoms with Crippen molar-refractivity contribution >= 4 is 11.6 Å². The van der Waals surface area contributed by atoms with Crippen molar-refractivity contribution in [3.63, 3.8) is 0 Å². The number of carbonyl (C=O) groups excluding carboxylic acids is 1. The molecule has 4 rings (SSSR count). The van der Waals surface area contributed by atoms with E-state index < -0.39 is 12.1 Å². The third-order valence-corrected chi connectivity index (χ3v) is 4.70. The predicted octanol–water partition coefficient (Wildman–Crippen LogP) is 3.28. The molecule has 1 heterocycles. The standard InChI is InChI=1S/C21H20N2O3/c24-19-12-14-6-1-2-8-16(14)20(19)23-21(25)17-9-3-4-10-18(17)22-13-15-7-5-11-26-15/h1-11,19-20,22,24H,12-13H2,(H,23,25)/t19-,20+/m1/s1. The number of amides is 1. The highest BCUT2D eigenvalue weighted by Crippen LogP contribution is 2.31. The van der Waals surface area contributed by atoms with Crippen LogP contribution in [0.5, 0.6) is 0 Å². The Labute approximate surface area is 151 Å². The molecule has 0 saturated carbocycles. The fraction of sp³-hybridized carbons (Fsp3) is 0.190. The number of anilines is 1. The Bertz CT molecular complexity index is 905. The monoisotopic (exact) mass is 348 g/mol. The number of hydrogen-bond acceptors (Lipinski definition) is 4. The fourth-order valence-corrected chi connectivity index (χ4v) is 3.40. The number of benzene rings is 2. The van der Waals surface area contributed by atoms with Gasteiger partial charge >= 0.3 is 0 Å². The van der Waals surface area contributed by atoms with Crippen LogP contribution in [-0.4, -0.2) is 17.1 Å². The molecule has 3 aromatic rings. The van der Waals surface area contributed by atoms with E-state index in [0.717, 1.165) is 22.6 Å². The first-order valence-corrected chi connectivity index (χ1v) is 8.64. The van der Waals surface area contributed by atoms with E-state index in [1.807, 2.05) is 54.6 Å². The van der Waals surface area contributed by atoms with E-state index in [1.54, 1.807) is 12.3 Å². The molecule has 0 bridgehead atoms. The Balaban J connectivity index is 1.52. The Morgan fingerprint density at radius 3 is 2.73 bits per heavy atom. The Hall–Kier alpha value is -3.05. The van der Waals surface area contributed by atoms with Crippen LogP contribution in [0.1, 0.15) is 33.3 Å². The van der Waals surface area contributed by atoms with Crippen molar-refractivity contribution in [3.05, 3.63) is 89.4 Å². The van der Waals surface area contributed by atoms with E-state index in [1.165, 1.54) is 0 Å². The van der Waals surface area contributed by atoms with Gasteiger partial charge in [-0.05, 0) is 35.4 Å². The number of nitrogens with one attached hydrogen (secondary N) is 2. The summed E-state index contributed by atoms with van der Waals surface area (Å²) in [5.41, 5.74) is 3.32. The van der Waals surface area contributed by atoms with Crippen molar-refractivity contribution in [2.45, 2.75) is 25.1 Å². The van der Waals surface area contributed by atoms with Crippen molar-refractivity contribution in [2.75, 3.05) is 5.32 Å². The van der Waals surface area contributed by atoms with Gasteiger partial charge in [-0.3, -0.25) is 4.79 Å². The second-order valence-corrected chi connectivity index (χ2v) is 6.40. The highest BCUT2D eigenvalue weighted by atomic mass is 16.3. The van der Waals surface area contributed by atoms with E-state index in [2.05, 4.69) is 10.6 Å². The molecule has 1 aliphatic carbocycles. The van der Waals surface area contributed by atoms with Crippen molar-refractivity contribution in [3.8, 4) is 0 Å². The molecule has 2 atom stereocenters. The summed E-state index contributed by atoms with van der Waals surface area (Å²) >= 11 is 0. The quantitative estimate of drug-likeness (QED) is 0.661. The average Bonchev–Trinajstić information content (AvgIpc) is 3.28. The molecule has 26 heavy (non-hydrogen) atoms. The SMILES string of the molecule is O=C(N[C@H]1c2ccccc2C[C@H]1O)c1ccccc1NCc1ccco1. The molecule has 0 radical (unpaired) electrons. The van der Waals surface area contributed by atoms with Gasteiger partial charge in [-0.15, -0.1) is 0 Å². The Morgan fingerprint density at radius 1 is 1.08 bits per heavy atom. The lowest BCUT2D eigenvalue weighted by atomic mass is 10.1. The van der Waals surface area contributed by atoms with Crippen LogP contribution < -0.4 is 10.6 Å². The van der Waals surface area contributed by atoms with Crippen LogP contribution >= 0.6 is 0 Å². The van der Waals surface area contributed by atoms with Gasteiger partial charge in [0.15, 0.2) is 0 Å². The zero-order chi connectivity index (χ0) is 17.9. The number of aliphatic hydroxyl groups excluding tert-OH is 1. The number of hydrogen-bond donors (Lipinski definition) is 3. The highest BCUT2D eigenvalue weighted by molar-refractivity contribution is 5.99. The van der Waals surface area contributed by atoms with Crippen LogP contribution in [0.25, 0.3) is 0 Å². The van der Waals surface area contributed by atoms with E-state index in [0.29, 0.717) is 18.5 Å². The number of para-hydroxylation sites is 1.